The second kappa shape index (κ2) is 5.53. The van der Waals surface area contributed by atoms with E-state index in [9.17, 15) is 8.78 Å². The molecular formula is C17H14F2N2. The topological polar surface area (TPSA) is 35.8 Å². The number of hydrogen-bond acceptors (Lipinski definition) is 2. The van der Waals surface area contributed by atoms with E-state index >= 15 is 0 Å². The van der Waals surface area contributed by atoms with E-state index in [1.54, 1.807) is 24.3 Å². The van der Waals surface area contributed by atoms with Crippen LogP contribution in [-0.2, 0) is 0 Å². The van der Waals surface area contributed by atoms with Crippen molar-refractivity contribution in [3.8, 4) is 6.07 Å². The molecule has 0 aromatic heterocycles. The van der Waals surface area contributed by atoms with Gasteiger partial charge < -0.3 is 5.32 Å². The molecule has 106 valence electrons. The lowest BCUT2D eigenvalue weighted by atomic mass is 9.75. The predicted molar refractivity (Wildman–Crippen MR) is 76.9 cm³/mol. The van der Waals surface area contributed by atoms with Gasteiger partial charge in [0.25, 0.3) is 0 Å². The number of rotatable bonds is 3. The number of halogens is 2. The molecule has 1 saturated carbocycles. The number of nitrogens with zero attached hydrogens (tertiary/aromatic N) is 1. The Labute approximate surface area is 122 Å². The van der Waals surface area contributed by atoms with Gasteiger partial charge in [0.1, 0.15) is 23.3 Å². The molecule has 1 aliphatic rings. The summed E-state index contributed by atoms with van der Waals surface area (Å²) in [6.45, 7) is 0. The van der Waals surface area contributed by atoms with Crippen molar-refractivity contribution >= 4 is 5.69 Å². The van der Waals surface area contributed by atoms with Crippen molar-refractivity contribution in [3.63, 3.8) is 0 Å². The molecule has 1 N–H and O–H groups in total. The number of anilines is 1. The quantitative estimate of drug-likeness (QED) is 0.917. The maximum Gasteiger partial charge on any atom is 0.143 e. The fraction of sp³-hybridized carbons (Fsp3) is 0.235. The summed E-state index contributed by atoms with van der Waals surface area (Å²) in [4.78, 5) is 0. The predicted octanol–water partition coefficient (Wildman–Crippen LogP) is 4.19. The van der Waals surface area contributed by atoms with Crippen molar-refractivity contribution in [1.29, 1.82) is 5.26 Å². The maximum absolute atomic E-state index is 13.7. The van der Waals surface area contributed by atoms with Crippen LogP contribution in [0.5, 0.6) is 0 Å². The van der Waals surface area contributed by atoms with Crippen LogP contribution in [0.1, 0.15) is 29.9 Å². The van der Waals surface area contributed by atoms with Crippen molar-refractivity contribution in [3.05, 3.63) is 65.2 Å². The third kappa shape index (κ3) is 2.59. The molecule has 0 aliphatic heterocycles. The zero-order chi connectivity index (χ0) is 14.8. The smallest absolute Gasteiger partial charge is 0.143 e. The first-order valence-electron chi connectivity index (χ1n) is 6.88. The molecule has 0 saturated heterocycles. The molecule has 1 aliphatic carbocycles. The summed E-state index contributed by atoms with van der Waals surface area (Å²) in [6.07, 6.45) is 1.56. The molecular weight excluding hydrogens is 270 g/mol. The molecule has 4 heteroatoms. The van der Waals surface area contributed by atoms with Crippen molar-refractivity contribution in [2.45, 2.75) is 24.8 Å². The molecule has 0 spiro atoms. The second-order valence-corrected chi connectivity index (χ2v) is 5.31. The van der Waals surface area contributed by atoms with Crippen LogP contribution in [0.3, 0.4) is 0 Å². The van der Waals surface area contributed by atoms with Gasteiger partial charge in [-0.05, 0) is 42.5 Å². The lowest BCUT2D eigenvalue weighted by molar-refractivity contribution is 0.363. The van der Waals surface area contributed by atoms with Crippen molar-refractivity contribution < 1.29 is 8.78 Å². The molecule has 2 aromatic rings. The Morgan fingerprint density at radius 2 is 1.71 bits per heavy atom. The monoisotopic (exact) mass is 284 g/mol. The molecule has 0 atom stereocenters. The Hall–Kier alpha value is -2.41. The van der Waals surface area contributed by atoms with Crippen LogP contribution in [0, 0.1) is 23.0 Å². The van der Waals surface area contributed by atoms with Crippen molar-refractivity contribution in [1.82, 2.24) is 0 Å². The van der Waals surface area contributed by atoms with E-state index in [4.69, 9.17) is 5.26 Å². The van der Waals surface area contributed by atoms with Gasteiger partial charge in [-0.3, -0.25) is 0 Å². The summed E-state index contributed by atoms with van der Waals surface area (Å²) in [5, 5.41) is 12.2. The summed E-state index contributed by atoms with van der Waals surface area (Å²) in [5.74, 6) is -0.514. The van der Waals surface area contributed by atoms with Crippen LogP contribution < -0.4 is 5.32 Å². The summed E-state index contributed by atoms with van der Waals surface area (Å²) in [6, 6.07) is 13.3. The van der Waals surface area contributed by atoms with E-state index in [1.807, 2.05) is 12.1 Å². The zero-order valence-electron chi connectivity index (χ0n) is 11.3. The average Bonchev–Trinajstić information content (AvgIpc) is 2.44. The minimum atomic E-state index is -0.521. The highest BCUT2D eigenvalue weighted by atomic mass is 19.1. The van der Waals surface area contributed by atoms with Crippen LogP contribution in [0.4, 0.5) is 14.5 Å². The third-order valence-corrected chi connectivity index (χ3v) is 3.97. The summed E-state index contributed by atoms with van der Waals surface area (Å²) >= 11 is 0. The highest BCUT2D eigenvalue weighted by molar-refractivity contribution is 5.58. The highest BCUT2D eigenvalue weighted by Gasteiger charge is 2.32. The van der Waals surface area contributed by atoms with Crippen molar-refractivity contribution in [2.75, 3.05) is 5.32 Å². The fourth-order valence-corrected chi connectivity index (χ4v) is 2.77. The SMILES string of the molecule is N#Cc1c(F)cccc1NC1CC(c2ccccc2F)C1. The number of hydrogen-bond donors (Lipinski definition) is 1. The molecule has 0 unspecified atom stereocenters. The summed E-state index contributed by atoms with van der Waals surface area (Å²) in [5.41, 5.74) is 1.27. The van der Waals surface area contributed by atoms with E-state index in [0.717, 1.165) is 18.4 Å². The number of nitrogens with one attached hydrogen (secondary N) is 1. The molecule has 21 heavy (non-hydrogen) atoms. The zero-order valence-corrected chi connectivity index (χ0v) is 11.3. The highest BCUT2D eigenvalue weighted by Crippen LogP contribution is 2.39. The first-order valence-corrected chi connectivity index (χ1v) is 6.88. The van der Waals surface area contributed by atoms with Crippen molar-refractivity contribution in [2.24, 2.45) is 0 Å². The minimum absolute atomic E-state index is 0.0341. The van der Waals surface area contributed by atoms with Gasteiger partial charge in [-0.2, -0.15) is 5.26 Å². The lowest BCUT2D eigenvalue weighted by Crippen LogP contribution is -2.34. The van der Waals surface area contributed by atoms with Gasteiger partial charge in [0.2, 0.25) is 0 Å². The van der Waals surface area contributed by atoms with E-state index in [1.165, 1.54) is 12.1 Å². The van der Waals surface area contributed by atoms with Crippen LogP contribution in [0.15, 0.2) is 42.5 Å². The molecule has 0 bridgehead atoms. The average molecular weight is 284 g/mol. The van der Waals surface area contributed by atoms with Crippen LogP contribution in [0.2, 0.25) is 0 Å². The van der Waals surface area contributed by atoms with Crippen LogP contribution >= 0.6 is 0 Å². The molecule has 1 fully saturated rings. The van der Waals surface area contributed by atoms with Gasteiger partial charge in [0, 0.05) is 6.04 Å². The van der Waals surface area contributed by atoms with Crippen LogP contribution in [0.25, 0.3) is 0 Å². The van der Waals surface area contributed by atoms with Gasteiger partial charge >= 0.3 is 0 Å². The first kappa shape index (κ1) is 13.6. The Morgan fingerprint density at radius 1 is 1.00 bits per heavy atom. The minimum Gasteiger partial charge on any atom is -0.381 e. The van der Waals surface area contributed by atoms with Gasteiger partial charge in [-0.25, -0.2) is 8.78 Å². The summed E-state index contributed by atoms with van der Waals surface area (Å²) in [7, 11) is 0. The summed E-state index contributed by atoms with van der Waals surface area (Å²) < 4.78 is 27.2. The Balaban J connectivity index is 1.67. The molecule has 0 radical (unpaired) electrons. The molecule has 2 nitrogen and oxygen atoms in total. The molecule has 0 heterocycles. The van der Waals surface area contributed by atoms with Gasteiger partial charge in [0.15, 0.2) is 0 Å². The first-order chi connectivity index (χ1) is 10.2. The Kier molecular flexibility index (Phi) is 3.57. The lowest BCUT2D eigenvalue weighted by Gasteiger charge is -2.37. The second-order valence-electron chi connectivity index (χ2n) is 5.31. The molecule has 2 aromatic carbocycles. The largest absolute Gasteiger partial charge is 0.381 e. The third-order valence-electron chi connectivity index (χ3n) is 3.97. The maximum atomic E-state index is 13.7. The van der Waals surface area contributed by atoms with Gasteiger partial charge in [-0.1, -0.05) is 24.3 Å². The standard InChI is InChI=1S/C17H14F2N2/c18-15-5-2-1-4-13(15)11-8-12(9-11)21-17-7-3-6-16(19)14(17)10-20/h1-7,11-12,21H,8-9H2. The van der Waals surface area contributed by atoms with Crippen LogP contribution in [-0.4, -0.2) is 6.04 Å². The molecule has 0 amide bonds. The van der Waals surface area contributed by atoms with E-state index < -0.39 is 5.82 Å². The fourth-order valence-electron chi connectivity index (χ4n) is 2.77. The van der Waals surface area contributed by atoms with E-state index in [0.29, 0.717) is 5.69 Å². The van der Waals surface area contributed by atoms with E-state index in [2.05, 4.69) is 5.32 Å². The number of benzene rings is 2. The number of nitriles is 1. The van der Waals surface area contributed by atoms with E-state index in [-0.39, 0.29) is 23.3 Å². The van der Waals surface area contributed by atoms with Gasteiger partial charge in [-0.15, -0.1) is 0 Å². The Morgan fingerprint density at radius 3 is 2.43 bits per heavy atom. The molecule has 3 rings (SSSR count). The Bertz CT molecular complexity index is 700. The van der Waals surface area contributed by atoms with Gasteiger partial charge in [0.05, 0.1) is 5.69 Å². The normalized spacial score (nSPS) is 20.4.